The van der Waals surface area contributed by atoms with Gasteiger partial charge in [-0.2, -0.15) is 0 Å². The van der Waals surface area contributed by atoms with Gasteiger partial charge in [-0.1, -0.05) is 0 Å². The second-order valence-corrected chi connectivity index (χ2v) is 9.44. The molecule has 1 fully saturated rings. The minimum atomic E-state index is -2.29. The average Bonchev–Trinajstić information content (AvgIpc) is 3.16. The van der Waals surface area contributed by atoms with E-state index in [1.165, 1.54) is 11.3 Å². The van der Waals surface area contributed by atoms with Crippen LogP contribution in [0.1, 0.15) is 5.01 Å². The molecule has 16 radical (unpaired) electrons. The number of pyridine rings is 2. The number of thiazole rings is 1. The van der Waals surface area contributed by atoms with Gasteiger partial charge in [0.25, 0.3) is 0 Å². The molecule has 0 aliphatic carbocycles. The van der Waals surface area contributed by atoms with Gasteiger partial charge in [0.15, 0.2) is 0 Å². The number of hydrogen-bond acceptors (Lipinski definition) is 7. The van der Waals surface area contributed by atoms with Crippen LogP contribution in [0.5, 0.6) is 0 Å². The first-order valence-corrected chi connectivity index (χ1v) is 10.7. The largest absolute Gasteiger partial charge is 0.406 e. The van der Waals surface area contributed by atoms with Gasteiger partial charge < -0.3 is 15.0 Å². The zero-order valence-corrected chi connectivity index (χ0v) is 19.0. The molecule has 3 aromatic heterocycles. The standard InChI is InChI=1S/C18H11B8N5O2S/c1-8-27-6-12(34-8)11-2-9-3-13(29-5-10(9)4-28-11)30-14(32)7-31-15(19,20)17(23,24)33-18(25,26)16(31,21)22/h2-6H,7H2,1H3,(H,29,30,32). The summed E-state index contributed by atoms with van der Waals surface area (Å²) >= 11 is 1.52. The van der Waals surface area contributed by atoms with Gasteiger partial charge in [0.2, 0.25) is 5.91 Å². The zero-order chi connectivity index (χ0) is 25.1. The molecule has 1 aliphatic heterocycles. The van der Waals surface area contributed by atoms with Crippen LogP contribution in [-0.4, -0.2) is 117 Å². The van der Waals surface area contributed by atoms with E-state index in [9.17, 15) is 4.79 Å². The molecule has 0 bridgehead atoms. The van der Waals surface area contributed by atoms with Gasteiger partial charge in [-0.3, -0.25) is 9.78 Å². The highest BCUT2D eigenvalue weighted by Crippen LogP contribution is 2.39. The van der Waals surface area contributed by atoms with Crippen LogP contribution in [0.2, 0.25) is 0 Å². The molecule has 1 amide bonds. The predicted molar refractivity (Wildman–Crippen MR) is 139 cm³/mol. The Kier molecular flexibility index (Phi) is 6.19. The average molecular weight is 448 g/mol. The molecular formula is C18H11B8N5O2S. The number of carbonyl (C=O) groups is 1. The molecule has 0 aromatic carbocycles. The normalized spacial score (nSPS) is 20.6. The molecule has 4 heterocycles. The Labute approximate surface area is 212 Å². The lowest BCUT2D eigenvalue weighted by atomic mass is 9.30. The van der Waals surface area contributed by atoms with Crippen LogP contribution < -0.4 is 5.32 Å². The van der Waals surface area contributed by atoms with Crippen molar-refractivity contribution in [2.45, 2.75) is 28.4 Å². The SMILES string of the molecule is [B]C1([B])OC([B])([B])C([B])([B])N(CC(=O)Nc2cc3cc(-c4cnc(C)s4)ncc3cn2)C1([B])[B]. The van der Waals surface area contributed by atoms with E-state index in [4.69, 9.17) is 67.5 Å². The predicted octanol–water partition coefficient (Wildman–Crippen LogP) is -1.70. The molecule has 1 N–H and O–H groups in total. The monoisotopic (exact) mass is 449 g/mol. The second kappa shape index (κ2) is 8.35. The van der Waals surface area contributed by atoms with E-state index >= 15 is 0 Å². The van der Waals surface area contributed by atoms with Crippen LogP contribution in [-0.2, 0) is 9.53 Å². The van der Waals surface area contributed by atoms with Crippen molar-refractivity contribution in [1.29, 1.82) is 0 Å². The quantitative estimate of drug-likeness (QED) is 0.480. The Morgan fingerprint density at radius 1 is 0.941 bits per heavy atom. The van der Waals surface area contributed by atoms with E-state index in [0.717, 1.165) is 31.3 Å². The van der Waals surface area contributed by atoms with E-state index in [-0.39, 0.29) is 5.82 Å². The maximum absolute atomic E-state index is 12.9. The Balaban J connectivity index is 1.58. The second-order valence-electron chi connectivity index (χ2n) is 8.20. The summed E-state index contributed by atoms with van der Waals surface area (Å²) in [6, 6.07) is 3.54. The Morgan fingerprint density at radius 2 is 1.56 bits per heavy atom. The number of ether oxygens (including phenoxy) is 1. The third kappa shape index (κ3) is 4.29. The van der Waals surface area contributed by atoms with Gasteiger partial charge in [0.1, 0.15) is 5.82 Å². The maximum Gasteiger partial charge on any atom is 0.239 e. The van der Waals surface area contributed by atoms with Crippen LogP contribution in [0.3, 0.4) is 0 Å². The van der Waals surface area contributed by atoms with Crippen LogP contribution in [0, 0.1) is 6.92 Å². The van der Waals surface area contributed by atoms with Crippen molar-refractivity contribution in [2.24, 2.45) is 0 Å². The van der Waals surface area contributed by atoms with E-state index in [2.05, 4.69) is 20.3 Å². The van der Waals surface area contributed by atoms with Crippen molar-refractivity contribution >= 4 is 96.6 Å². The fraction of sp³-hybridized carbons (Fsp3) is 0.333. The van der Waals surface area contributed by atoms with Crippen molar-refractivity contribution in [3.05, 3.63) is 35.7 Å². The summed E-state index contributed by atoms with van der Waals surface area (Å²) in [6.45, 7) is 1.33. The zero-order valence-electron chi connectivity index (χ0n) is 18.2. The van der Waals surface area contributed by atoms with Gasteiger partial charge >= 0.3 is 0 Å². The lowest BCUT2D eigenvalue weighted by Crippen LogP contribution is -2.86. The van der Waals surface area contributed by atoms with Crippen LogP contribution in [0.25, 0.3) is 21.3 Å². The van der Waals surface area contributed by atoms with E-state index < -0.39 is 33.9 Å². The van der Waals surface area contributed by atoms with E-state index in [1.807, 2.05) is 13.0 Å². The fourth-order valence-electron chi connectivity index (χ4n) is 3.48. The number of hydrogen-bond donors (Lipinski definition) is 1. The first kappa shape index (κ1) is 25.2. The lowest BCUT2D eigenvalue weighted by molar-refractivity contribution is -0.131. The number of fused-ring (bicyclic) bond motifs is 1. The minimum Gasteiger partial charge on any atom is -0.406 e. The topological polar surface area (TPSA) is 80.2 Å². The molecule has 0 saturated carbocycles. The summed E-state index contributed by atoms with van der Waals surface area (Å²) in [5.41, 5.74) is 0.742. The molecule has 0 atom stereocenters. The smallest absolute Gasteiger partial charge is 0.239 e. The van der Waals surface area contributed by atoms with Gasteiger partial charge in [0.05, 0.1) is 84.9 Å². The van der Waals surface area contributed by atoms with Crippen LogP contribution in [0.4, 0.5) is 5.82 Å². The number of amides is 1. The number of nitrogens with zero attached hydrogens (tertiary/aromatic N) is 4. The van der Waals surface area contributed by atoms with Crippen LogP contribution >= 0.6 is 11.3 Å². The van der Waals surface area contributed by atoms with Gasteiger partial charge in [-0.25, -0.2) is 9.97 Å². The van der Waals surface area contributed by atoms with Gasteiger partial charge in [-0.15, -0.1) is 11.3 Å². The molecule has 34 heavy (non-hydrogen) atoms. The first-order valence-electron chi connectivity index (χ1n) is 9.91. The highest BCUT2D eigenvalue weighted by atomic mass is 32.1. The summed E-state index contributed by atoms with van der Waals surface area (Å²) in [6.07, 6.45) is 5.00. The summed E-state index contributed by atoms with van der Waals surface area (Å²) in [7, 11) is 47.5. The number of aromatic nitrogens is 3. The molecule has 0 spiro atoms. The molecule has 150 valence electrons. The molecule has 0 unspecified atom stereocenters. The van der Waals surface area contributed by atoms with Gasteiger partial charge in [-0.05, 0) is 45.9 Å². The summed E-state index contributed by atoms with van der Waals surface area (Å²) in [4.78, 5) is 27.6. The summed E-state index contributed by atoms with van der Waals surface area (Å²) in [5, 5.41) is -3.92. The Hall–Kier alpha value is -1.90. The molecule has 1 saturated heterocycles. The van der Waals surface area contributed by atoms with Gasteiger partial charge in [0, 0.05) is 24.0 Å². The minimum absolute atomic E-state index is 0.237. The number of rotatable bonds is 4. The Bertz CT molecular complexity index is 1240. The van der Waals surface area contributed by atoms with Crippen molar-refractivity contribution in [3.8, 4) is 10.6 Å². The highest BCUT2D eigenvalue weighted by Gasteiger charge is 2.57. The van der Waals surface area contributed by atoms with Crippen LogP contribution in [0.15, 0.2) is 30.7 Å². The van der Waals surface area contributed by atoms with Crippen molar-refractivity contribution in [1.82, 2.24) is 19.9 Å². The molecule has 1 aliphatic rings. The van der Waals surface area contributed by atoms with E-state index in [1.54, 1.807) is 24.7 Å². The Morgan fingerprint density at radius 3 is 2.15 bits per heavy atom. The molecule has 4 rings (SSSR count). The third-order valence-electron chi connectivity index (χ3n) is 5.53. The molecule has 3 aromatic rings. The molecule has 7 nitrogen and oxygen atoms in total. The number of carbonyl (C=O) groups excluding carboxylic acids is 1. The number of aryl methyl sites for hydroxylation is 1. The fourth-order valence-corrected chi connectivity index (χ4v) is 4.22. The van der Waals surface area contributed by atoms with E-state index in [0.29, 0.717) is 0 Å². The third-order valence-corrected chi connectivity index (χ3v) is 6.46. The van der Waals surface area contributed by atoms with Crippen molar-refractivity contribution in [2.75, 3.05) is 11.9 Å². The molecular weight excluding hydrogens is 437 g/mol. The maximum atomic E-state index is 12.9. The lowest BCUT2D eigenvalue weighted by Gasteiger charge is -2.70. The molecule has 16 heteroatoms. The summed E-state index contributed by atoms with van der Waals surface area (Å²) < 4.78 is 5.13. The first-order chi connectivity index (χ1) is 15.6. The van der Waals surface area contributed by atoms with Crippen molar-refractivity contribution < 1.29 is 9.53 Å². The summed E-state index contributed by atoms with van der Waals surface area (Å²) in [5.74, 6) is -0.408. The van der Waals surface area contributed by atoms with Crippen molar-refractivity contribution in [3.63, 3.8) is 0 Å². The number of anilines is 1. The number of nitrogens with one attached hydrogen (secondary N) is 1. The highest BCUT2D eigenvalue weighted by molar-refractivity contribution is 7.15. The number of morpholine rings is 1.